The van der Waals surface area contributed by atoms with Crippen molar-refractivity contribution in [2.45, 2.75) is 6.10 Å². The zero-order chi connectivity index (χ0) is 20.9. The number of hydrogen-bond acceptors (Lipinski definition) is 4. The molecule has 0 spiro atoms. The van der Waals surface area contributed by atoms with Gasteiger partial charge in [0, 0.05) is 15.8 Å². The van der Waals surface area contributed by atoms with Gasteiger partial charge in [-0.25, -0.2) is 9.79 Å². The van der Waals surface area contributed by atoms with Crippen molar-refractivity contribution in [3.05, 3.63) is 93.6 Å². The van der Waals surface area contributed by atoms with Crippen LogP contribution in [0.5, 0.6) is 0 Å². The number of rotatable bonds is 6. The molecule has 1 saturated heterocycles. The van der Waals surface area contributed by atoms with Crippen LogP contribution in [0.2, 0.25) is 0 Å². The third-order valence-corrected chi connectivity index (χ3v) is 5.54. The van der Waals surface area contributed by atoms with Crippen LogP contribution in [-0.2, 0) is 4.84 Å². The van der Waals surface area contributed by atoms with Crippen LogP contribution in [0.25, 0.3) is 0 Å². The Bertz CT molecular complexity index is 1060. The second-order valence-electron chi connectivity index (χ2n) is 6.87. The first-order valence-electron chi connectivity index (χ1n) is 9.49. The van der Waals surface area contributed by atoms with Crippen molar-refractivity contribution < 1.29 is 14.7 Å². The molecule has 3 aromatic carbocycles. The number of nitrogens with zero attached hydrogens (tertiary/aromatic N) is 1. The summed E-state index contributed by atoms with van der Waals surface area (Å²) in [6.07, 6.45) is -0.252. The van der Waals surface area contributed by atoms with Crippen LogP contribution in [0, 0.1) is 9.49 Å². The highest BCUT2D eigenvalue weighted by Crippen LogP contribution is 2.33. The summed E-state index contributed by atoms with van der Waals surface area (Å²) in [4.78, 5) is 22.2. The molecule has 0 amide bonds. The summed E-state index contributed by atoms with van der Waals surface area (Å²) in [6.45, 7) is 0.572. The van der Waals surface area contributed by atoms with E-state index in [1.165, 1.54) is 0 Å². The van der Waals surface area contributed by atoms with Crippen LogP contribution in [-0.4, -0.2) is 23.5 Å². The molecule has 2 atom stereocenters. The Kier molecular flexibility index (Phi) is 6.29. The smallest absolute Gasteiger partial charge is 0.337 e. The minimum absolute atomic E-state index is 0.131. The lowest BCUT2D eigenvalue weighted by Gasteiger charge is -2.18. The van der Waals surface area contributed by atoms with Gasteiger partial charge in [-0.3, -0.25) is 10.3 Å². The molecule has 3 aromatic rings. The normalized spacial score (nSPS) is 19.4. The van der Waals surface area contributed by atoms with Gasteiger partial charge in [0.05, 0.1) is 17.2 Å². The van der Waals surface area contributed by atoms with Gasteiger partial charge < -0.3 is 10.4 Å². The summed E-state index contributed by atoms with van der Waals surface area (Å²) in [5, 5.41) is 13.0. The van der Waals surface area contributed by atoms with Gasteiger partial charge in [-0.05, 0) is 58.5 Å². The minimum Gasteiger partial charge on any atom is -0.478 e. The lowest BCUT2D eigenvalue weighted by Crippen LogP contribution is -2.26. The van der Waals surface area contributed by atoms with E-state index in [1.807, 2.05) is 66.7 Å². The molecule has 1 aliphatic heterocycles. The van der Waals surface area contributed by atoms with E-state index in [0.717, 1.165) is 14.8 Å². The van der Waals surface area contributed by atoms with Gasteiger partial charge in [0.25, 0.3) is 0 Å². The van der Waals surface area contributed by atoms with Gasteiger partial charge in [0.15, 0.2) is 0 Å². The Morgan fingerprint density at radius 3 is 2.47 bits per heavy atom. The van der Waals surface area contributed by atoms with Gasteiger partial charge >= 0.3 is 5.97 Å². The van der Waals surface area contributed by atoms with Crippen molar-refractivity contribution in [1.29, 1.82) is 0 Å². The standard InChI is InChI=1S/C23H20IN3O3/c24-16-11-12-20(18(13-16)23(28)29)26-22-19(14-25-17-9-5-2-6-10-17)21(30-27-22)15-7-3-1-4-8-15/h1-13,19,21,25H,14H2,(H,26,27)(H,28,29). The molecule has 6 nitrogen and oxygen atoms in total. The van der Waals surface area contributed by atoms with E-state index >= 15 is 0 Å². The Balaban J connectivity index is 1.67. The lowest BCUT2D eigenvalue weighted by atomic mass is 9.95. The molecule has 152 valence electrons. The second-order valence-corrected chi connectivity index (χ2v) is 8.11. The molecule has 7 heteroatoms. The van der Waals surface area contributed by atoms with E-state index in [4.69, 9.17) is 4.84 Å². The van der Waals surface area contributed by atoms with Crippen molar-refractivity contribution in [3.63, 3.8) is 0 Å². The number of nitrogens with one attached hydrogen (secondary N) is 2. The highest BCUT2D eigenvalue weighted by molar-refractivity contribution is 14.1. The third-order valence-electron chi connectivity index (χ3n) is 4.87. The predicted octanol–water partition coefficient (Wildman–Crippen LogP) is 5.02. The number of carboxylic acid groups (broad SMARTS) is 1. The molecule has 2 unspecified atom stereocenters. The SMILES string of the molecule is O=C(O)c1cc(I)ccc1N=C1NOC(c2ccccc2)C1CNc1ccccc1. The molecule has 0 radical (unpaired) electrons. The first-order valence-corrected chi connectivity index (χ1v) is 10.6. The number of carboxylic acids is 1. The number of para-hydroxylation sites is 1. The van der Waals surface area contributed by atoms with E-state index in [9.17, 15) is 9.90 Å². The number of anilines is 1. The number of aliphatic imine (C=N–C) groups is 1. The van der Waals surface area contributed by atoms with Crippen LogP contribution < -0.4 is 10.8 Å². The average molecular weight is 513 g/mol. The summed E-state index contributed by atoms with van der Waals surface area (Å²) in [5.41, 5.74) is 5.51. The average Bonchev–Trinajstić information content (AvgIpc) is 3.17. The quantitative estimate of drug-likeness (QED) is 0.403. The molecular formula is C23H20IN3O3. The second kappa shape index (κ2) is 9.27. The molecule has 0 saturated carbocycles. The van der Waals surface area contributed by atoms with E-state index < -0.39 is 5.97 Å². The summed E-state index contributed by atoms with van der Waals surface area (Å²) in [6, 6.07) is 25.0. The summed E-state index contributed by atoms with van der Waals surface area (Å²) in [7, 11) is 0. The zero-order valence-electron chi connectivity index (χ0n) is 16.0. The number of hydrogen-bond donors (Lipinski definition) is 3. The molecule has 1 aliphatic rings. The molecule has 4 rings (SSSR count). The first-order chi connectivity index (χ1) is 14.6. The van der Waals surface area contributed by atoms with Gasteiger partial charge in [-0.2, -0.15) is 0 Å². The van der Waals surface area contributed by atoms with Gasteiger partial charge in [0.1, 0.15) is 11.9 Å². The molecular weight excluding hydrogens is 493 g/mol. The minimum atomic E-state index is -1.01. The highest BCUT2D eigenvalue weighted by Gasteiger charge is 2.36. The largest absolute Gasteiger partial charge is 0.478 e. The monoisotopic (exact) mass is 513 g/mol. The fourth-order valence-corrected chi connectivity index (χ4v) is 3.86. The Labute approximate surface area is 188 Å². The molecule has 30 heavy (non-hydrogen) atoms. The summed E-state index contributed by atoms with van der Waals surface area (Å²) >= 11 is 2.09. The van der Waals surface area contributed by atoms with Gasteiger partial charge in [0.2, 0.25) is 0 Å². The fraction of sp³-hybridized carbons (Fsp3) is 0.130. The molecule has 0 bridgehead atoms. The number of hydroxylamine groups is 1. The number of aromatic carboxylic acids is 1. The number of halogens is 1. The fourth-order valence-electron chi connectivity index (χ4n) is 3.37. The number of carbonyl (C=O) groups is 1. The summed E-state index contributed by atoms with van der Waals surface area (Å²) in [5.74, 6) is -0.546. The van der Waals surface area contributed by atoms with Gasteiger partial charge in [-0.15, -0.1) is 0 Å². The maximum absolute atomic E-state index is 11.7. The molecule has 0 aromatic heterocycles. The van der Waals surface area contributed by atoms with Crippen LogP contribution in [0.1, 0.15) is 22.0 Å². The first kappa shape index (κ1) is 20.4. The van der Waals surface area contributed by atoms with Crippen LogP contribution in [0.4, 0.5) is 11.4 Å². The van der Waals surface area contributed by atoms with Crippen molar-refractivity contribution in [2.75, 3.05) is 11.9 Å². The number of amidine groups is 1. The summed E-state index contributed by atoms with van der Waals surface area (Å²) < 4.78 is 0.842. The lowest BCUT2D eigenvalue weighted by molar-refractivity contribution is 0.0296. The van der Waals surface area contributed by atoms with Crippen molar-refractivity contribution in [3.8, 4) is 0 Å². The Morgan fingerprint density at radius 2 is 1.77 bits per heavy atom. The molecule has 0 aliphatic carbocycles. The Morgan fingerprint density at radius 1 is 1.07 bits per heavy atom. The molecule has 3 N–H and O–H groups in total. The van der Waals surface area contributed by atoms with E-state index in [0.29, 0.717) is 18.1 Å². The predicted molar refractivity (Wildman–Crippen MR) is 125 cm³/mol. The van der Waals surface area contributed by atoms with Gasteiger partial charge in [-0.1, -0.05) is 48.5 Å². The zero-order valence-corrected chi connectivity index (χ0v) is 18.1. The maximum Gasteiger partial charge on any atom is 0.337 e. The van der Waals surface area contributed by atoms with E-state index in [1.54, 1.807) is 12.1 Å². The third kappa shape index (κ3) is 4.63. The number of benzene rings is 3. The van der Waals surface area contributed by atoms with E-state index in [2.05, 4.69) is 38.4 Å². The van der Waals surface area contributed by atoms with Crippen LogP contribution in [0.15, 0.2) is 83.9 Å². The molecule has 1 heterocycles. The van der Waals surface area contributed by atoms with Crippen molar-refractivity contribution >= 4 is 45.8 Å². The van der Waals surface area contributed by atoms with Crippen molar-refractivity contribution in [1.82, 2.24) is 5.48 Å². The Hall–Kier alpha value is -2.91. The maximum atomic E-state index is 11.7. The highest BCUT2D eigenvalue weighted by atomic mass is 127. The van der Waals surface area contributed by atoms with Crippen LogP contribution in [0.3, 0.4) is 0 Å². The van der Waals surface area contributed by atoms with E-state index in [-0.39, 0.29) is 17.6 Å². The van der Waals surface area contributed by atoms with Crippen molar-refractivity contribution in [2.24, 2.45) is 10.9 Å². The van der Waals surface area contributed by atoms with Crippen LogP contribution >= 0.6 is 22.6 Å². The topological polar surface area (TPSA) is 83.0 Å². The molecule has 1 fully saturated rings.